The number of rotatable bonds is 6. The number of benzene rings is 1. The highest BCUT2D eigenvalue weighted by atomic mass is 35.5. The third kappa shape index (κ3) is 4.06. The number of amides is 1. The zero-order valence-electron chi connectivity index (χ0n) is 19.0. The summed E-state index contributed by atoms with van der Waals surface area (Å²) < 4.78 is 12.9. The molecule has 0 fully saturated rings. The van der Waals surface area contributed by atoms with Gasteiger partial charge in [0.15, 0.2) is 5.84 Å². The molecule has 2 aromatic rings. The van der Waals surface area contributed by atoms with Gasteiger partial charge >= 0.3 is 0 Å². The second-order valence-corrected chi connectivity index (χ2v) is 9.03. The second kappa shape index (κ2) is 9.07. The molecule has 4 rings (SSSR count). The normalized spacial score (nSPS) is 16.8. The molecule has 0 saturated carbocycles. The summed E-state index contributed by atoms with van der Waals surface area (Å²) in [4.78, 5) is 16.9. The number of thioether (sulfide) groups is 1. The highest BCUT2D eigenvalue weighted by molar-refractivity contribution is 8.26. The van der Waals surface area contributed by atoms with Crippen molar-refractivity contribution in [3.63, 3.8) is 0 Å². The number of hydrogen-bond acceptors (Lipinski definition) is 6. The van der Waals surface area contributed by atoms with Gasteiger partial charge in [0.2, 0.25) is 5.17 Å². The van der Waals surface area contributed by atoms with Crippen LogP contribution in [0.2, 0.25) is 5.02 Å². The van der Waals surface area contributed by atoms with Gasteiger partial charge in [0, 0.05) is 17.5 Å². The van der Waals surface area contributed by atoms with Crippen LogP contribution in [0.5, 0.6) is 11.5 Å². The second-order valence-electron chi connectivity index (χ2n) is 7.58. The van der Waals surface area contributed by atoms with Gasteiger partial charge in [-0.25, -0.2) is 0 Å². The number of amidine groups is 2. The first-order valence-electron chi connectivity index (χ1n) is 10.4. The minimum absolute atomic E-state index is 0.0264. The van der Waals surface area contributed by atoms with Crippen molar-refractivity contribution in [3.05, 3.63) is 45.7 Å². The van der Waals surface area contributed by atoms with Gasteiger partial charge in [-0.3, -0.25) is 10.2 Å². The Kier molecular flexibility index (Phi) is 6.36. The summed E-state index contributed by atoms with van der Waals surface area (Å²) in [7, 11) is 3.14. The summed E-state index contributed by atoms with van der Waals surface area (Å²) in [6.45, 7) is 5.95. The molecule has 3 heterocycles. The van der Waals surface area contributed by atoms with Crippen LogP contribution in [0.25, 0.3) is 11.8 Å². The third-order valence-electron chi connectivity index (χ3n) is 5.42. The smallest absolute Gasteiger partial charge is 0.283 e. The summed E-state index contributed by atoms with van der Waals surface area (Å²) in [5, 5.41) is 16.2. The molecule has 0 atom stereocenters. The Morgan fingerprint density at radius 1 is 1.18 bits per heavy atom. The predicted octanol–water partition coefficient (Wildman–Crippen LogP) is 5.18. The van der Waals surface area contributed by atoms with Crippen LogP contribution in [0.4, 0.5) is 0 Å². The van der Waals surface area contributed by atoms with Crippen molar-refractivity contribution < 1.29 is 14.3 Å². The van der Waals surface area contributed by atoms with Crippen molar-refractivity contribution in [1.29, 1.82) is 5.41 Å². The summed E-state index contributed by atoms with van der Waals surface area (Å²) in [6.07, 6.45) is 3.41. The first-order valence-corrected chi connectivity index (χ1v) is 11.6. The minimum Gasteiger partial charge on any atom is -0.495 e. The molecule has 33 heavy (non-hydrogen) atoms. The molecule has 8 nitrogen and oxygen atoms in total. The molecule has 1 amide bonds. The first-order chi connectivity index (χ1) is 15.8. The molecule has 0 radical (unpaired) electrons. The zero-order chi connectivity index (χ0) is 23.9. The van der Waals surface area contributed by atoms with Crippen molar-refractivity contribution in [2.24, 2.45) is 10.1 Å². The molecule has 0 unspecified atom stereocenters. The van der Waals surface area contributed by atoms with Crippen molar-refractivity contribution in [2.45, 2.75) is 33.6 Å². The van der Waals surface area contributed by atoms with Crippen molar-refractivity contribution in [3.8, 4) is 17.2 Å². The number of nitrogens with one attached hydrogen (secondary N) is 1. The van der Waals surface area contributed by atoms with Crippen LogP contribution < -0.4 is 9.47 Å². The van der Waals surface area contributed by atoms with Crippen LogP contribution in [-0.4, -0.2) is 45.7 Å². The summed E-state index contributed by atoms with van der Waals surface area (Å²) >= 11 is 7.73. The molecule has 0 bridgehead atoms. The van der Waals surface area contributed by atoms with E-state index >= 15 is 0 Å². The van der Waals surface area contributed by atoms with E-state index in [4.69, 9.17) is 26.5 Å². The molecule has 172 valence electrons. The van der Waals surface area contributed by atoms with Gasteiger partial charge in [0.25, 0.3) is 5.91 Å². The average Bonchev–Trinajstić information content (AvgIpc) is 3.30. The van der Waals surface area contributed by atoms with Gasteiger partial charge in [0.05, 0.1) is 30.5 Å². The number of hydrogen-bond donors (Lipinski definition) is 1. The number of halogens is 1. The van der Waals surface area contributed by atoms with E-state index in [1.54, 1.807) is 32.4 Å². The molecule has 0 spiro atoms. The maximum Gasteiger partial charge on any atom is 0.283 e. The number of aromatic nitrogens is 1. The Morgan fingerprint density at radius 3 is 2.58 bits per heavy atom. The lowest BCUT2D eigenvalue weighted by molar-refractivity contribution is -0.114. The van der Waals surface area contributed by atoms with E-state index in [2.05, 4.69) is 17.0 Å². The lowest BCUT2D eigenvalue weighted by Gasteiger charge is -2.20. The maximum absolute atomic E-state index is 12.8. The standard InChI is InChI=1S/C23H24ClN5O3S/c1-6-7-20-27-29-21(25)15(22(30)26-23(29)33-20)9-14-8-12(2)28(13(14)3)17-10-16(24)18(31-4)11-19(17)32-5/h8-11,25H,6-7H2,1-5H3/b15-9+,25-21?. The van der Waals surface area contributed by atoms with E-state index in [0.29, 0.717) is 21.7 Å². The van der Waals surface area contributed by atoms with Crippen LogP contribution in [0.3, 0.4) is 0 Å². The molecular weight excluding hydrogens is 462 g/mol. The van der Waals surface area contributed by atoms with E-state index in [9.17, 15) is 4.79 Å². The number of ether oxygens (including phenoxy) is 2. The number of aliphatic imine (C=N–C) groups is 1. The summed E-state index contributed by atoms with van der Waals surface area (Å²) in [6, 6.07) is 5.47. The number of aryl methyl sites for hydroxylation is 1. The largest absolute Gasteiger partial charge is 0.495 e. The molecule has 1 aromatic carbocycles. The average molecular weight is 486 g/mol. The van der Waals surface area contributed by atoms with Gasteiger partial charge in [0.1, 0.15) is 16.5 Å². The molecule has 0 aliphatic carbocycles. The highest BCUT2D eigenvalue weighted by Crippen LogP contribution is 2.37. The molecule has 2 aliphatic rings. The molecule has 1 aromatic heterocycles. The summed E-state index contributed by atoms with van der Waals surface area (Å²) in [5.74, 6) is 0.698. The molecule has 10 heteroatoms. The van der Waals surface area contributed by atoms with Crippen LogP contribution in [0.1, 0.15) is 36.7 Å². The minimum atomic E-state index is -0.443. The van der Waals surface area contributed by atoms with E-state index in [1.165, 1.54) is 16.8 Å². The SMILES string of the molecule is CCCC1=NN2C(=N)/C(=C\c3cc(C)n(-c4cc(Cl)c(OC)cc4OC)c3C)C(=O)N=C2S1. The van der Waals surface area contributed by atoms with Crippen LogP contribution in [0, 0.1) is 19.3 Å². The van der Waals surface area contributed by atoms with Crippen LogP contribution in [0.15, 0.2) is 33.9 Å². The lowest BCUT2D eigenvalue weighted by atomic mass is 10.1. The fourth-order valence-electron chi connectivity index (χ4n) is 3.83. The Labute approximate surface area is 201 Å². The van der Waals surface area contributed by atoms with Gasteiger partial charge in [-0.1, -0.05) is 18.5 Å². The van der Waals surface area contributed by atoms with Crippen molar-refractivity contribution >= 4 is 51.4 Å². The topological polar surface area (TPSA) is 92.3 Å². The van der Waals surface area contributed by atoms with E-state index in [-0.39, 0.29) is 11.4 Å². The quantitative estimate of drug-likeness (QED) is 0.569. The molecular formula is C23H24ClN5O3S. The predicted molar refractivity (Wildman–Crippen MR) is 133 cm³/mol. The van der Waals surface area contributed by atoms with E-state index < -0.39 is 5.91 Å². The zero-order valence-corrected chi connectivity index (χ0v) is 20.6. The van der Waals surface area contributed by atoms with Gasteiger partial charge in [-0.05, 0) is 62.2 Å². The Bertz CT molecular complexity index is 1260. The number of nitrogens with zero attached hydrogens (tertiary/aromatic N) is 4. The maximum atomic E-state index is 12.8. The Balaban J connectivity index is 1.77. The van der Waals surface area contributed by atoms with E-state index in [1.807, 2.05) is 24.5 Å². The van der Waals surface area contributed by atoms with Crippen LogP contribution >= 0.6 is 23.4 Å². The van der Waals surface area contributed by atoms with Gasteiger partial charge in [-0.15, -0.1) is 0 Å². The fourth-order valence-corrected chi connectivity index (χ4v) is 5.05. The van der Waals surface area contributed by atoms with E-state index in [0.717, 1.165) is 40.5 Å². The van der Waals surface area contributed by atoms with Gasteiger partial charge < -0.3 is 14.0 Å². The highest BCUT2D eigenvalue weighted by Gasteiger charge is 2.35. The molecule has 0 saturated heterocycles. The third-order valence-corrected chi connectivity index (χ3v) is 6.69. The van der Waals surface area contributed by atoms with Crippen LogP contribution in [-0.2, 0) is 4.79 Å². The summed E-state index contributed by atoms with van der Waals surface area (Å²) in [5.41, 5.74) is 3.51. The number of hydrazone groups is 1. The Morgan fingerprint density at radius 2 is 1.91 bits per heavy atom. The molecule has 1 N–H and O–H groups in total. The van der Waals surface area contributed by atoms with Gasteiger partial charge in [-0.2, -0.15) is 15.1 Å². The molecule has 2 aliphatic heterocycles. The number of methoxy groups -OCH3 is 2. The first kappa shape index (κ1) is 23.1. The number of carbonyl (C=O) groups is 1. The lowest BCUT2D eigenvalue weighted by Crippen LogP contribution is -2.35. The number of carbonyl (C=O) groups excluding carboxylic acids is 1. The fraction of sp³-hybridized carbons (Fsp3) is 0.304. The van der Waals surface area contributed by atoms with Crippen molar-refractivity contribution in [1.82, 2.24) is 9.58 Å². The Hall–Kier alpha value is -3.04. The monoisotopic (exact) mass is 485 g/mol. The van der Waals surface area contributed by atoms with Crippen molar-refractivity contribution in [2.75, 3.05) is 14.2 Å². The number of fused-ring (bicyclic) bond motifs is 1.